The molecule has 3 aliphatic heterocycles. The Morgan fingerprint density at radius 1 is 1.03 bits per heavy atom. The third-order valence-corrected chi connectivity index (χ3v) is 7.58. The smallest absolute Gasteiger partial charge is 0.290 e. The van der Waals surface area contributed by atoms with Gasteiger partial charge in [-0.25, -0.2) is 4.98 Å². The summed E-state index contributed by atoms with van der Waals surface area (Å²) in [5.41, 5.74) is 2.08. The Morgan fingerprint density at radius 2 is 1.69 bits per heavy atom. The molecule has 0 amide bonds. The first-order chi connectivity index (χ1) is 15.5. The second-order valence-corrected chi connectivity index (χ2v) is 9.81. The molecule has 0 spiro atoms. The Bertz CT molecular complexity index is 985. The van der Waals surface area contributed by atoms with E-state index in [9.17, 15) is 9.32 Å². The number of β-amino-alcohol motifs (C(OH)–C–C–N with tert-alkyl or cyclic N) is 1. The minimum atomic E-state index is -1.05. The van der Waals surface area contributed by atoms with Gasteiger partial charge in [0, 0.05) is 62.2 Å². The SMILES string of the molecule is O=CO.O=S1CCc2nc(N3CCN(c4ccc(Cl)cc4)CC3)nc(N3CCC(O)C3)c21. The molecule has 2 N–H and O–H groups in total. The van der Waals surface area contributed by atoms with E-state index < -0.39 is 10.8 Å². The number of anilines is 3. The fraction of sp³-hybridized carbons (Fsp3) is 0.476. The number of carboxylic acid groups (broad SMARTS) is 1. The molecule has 0 aliphatic carbocycles. The van der Waals surface area contributed by atoms with Gasteiger partial charge in [-0.15, -0.1) is 0 Å². The van der Waals surface area contributed by atoms with Gasteiger partial charge in [0.2, 0.25) is 5.95 Å². The number of carbonyl (C=O) groups is 1. The first kappa shape index (κ1) is 22.8. The summed E-state index contributed by atoms with van der Waals surface area (Å²) in [7, 11) is -1.05. The standard InChI is InChI=1S/C20H24ClN5O2S.CH2O2/c21-14-1-3-15(4-2-14)24-8-10-25(11-9-24)20-22-17-6-12-29(28)18(17)19(23-20)26-7-5-16(27)13-26;2-1-3/h1-4,16,27H,5-13H2;1H,(H,2,3). The number of benzene rings is 1. The molecule has 172 valence electrons. The summed E-state index contributed by atoms with van der Waals surface area (Å²) in [6.45, 7) is 4.45. The summed E-state index contributed by atoms with van der Waals surface area (Å²) in [6, 6.07) is 7.94. The number of aryl methyl sites for hydroxylation is 1. The molecular formula is C21H26ClN5O4S. The van der Waals surface area contributed by atoms with Gasteiger partial charge < -0.3 is 24.9 Å². The quantitative estimate of drug-likeness (QED) is 0.631. The van der Waals surface area contributed by atoms with Crippen LogP contribution in [-0.4, -0.2) is 82.0 Å². The molecular weight excluding hydrogens is 454 g/mol. The van der Waals surface area contributed by atoms with E-state index in [1.807, 2.05) is 12.1 Å². The second kappa shape index (κ2) is 10.0. The minimum Gasteiger partial charge on any atom is -0.483 e. The number of piperazine rings is 1. The number of halogens is 1. The normalized spacial score (nSPS) is 22.4. The molecule has 0 bridgehead atoms. The average molecular weight is 480 g/mol. The summed E-state index contributed by atoms with van der Waals surface area (Å²) in [4.78, 5) is 25.4. The highest BCUT2D eigenvalue weighted by molar-refractivity contribution is 7.85. The van der Waals surface area contributed by atoms with E-state index in [0.717, 1.165) is 72.9 Å². The van der Waals surface area contributed by atoms with Crippen molar-refractivity contribution >= 4 is 46.3 Å². The summed E-state index contributed by atoms with van der Waals surface area (Å²) in [5.74, 6) is 2.09. The molecule has 2 aromatic rings. The van der Waals surface area contributed by atoms with Gasteiger partial charge in [-0.2, -0.15) is 4.98 Å². The van der Waals surface area contributed by atoms with Crippen molar-refractivity contribution in [2.75, 3.05) is 59.7 Å². The molecule has 4 heterocycles. The Balaban J connectivity index is 0.000000775. The van der Waals surface area contributed by atoms with E-state index in [4.69, 9.17) is 31.5 Å². The van der Waals surface area contributed by atoms with Gasteiger partial charge in [-0.1, -0.05) is 11.6 Å². The summed E-state index contributed by atoms with van der Waals surface area (Å²) >= 11 is 6.00. The van der Waals surface area contributed by atoms with Crippen LogP contribution in [0.1, 0.15) is 12.1 Å². The number of hydrogen-bond donors (Lipinski definition) is 2. The summed E-state index contributed by atoms with van der Waals surface area (Å²) < 4.78 is 12.5. The van der Waals surface area contributed by atoms with Gasteiger partial charge >= 0.3 is 0 Å². The molecule has 2 atom stereocenters. The van der Waals surface area contributed by atoms with Crippen LogP contribution in [0, 0.1) is 0 Å². The Kier molecular flexibility index (Phi) is 7.12. The first-order valence-corrected chi connectivity index (χ1v) is 12.3. The number of aliphatic hydroxyl groups is 1. The van der Waals surface area contributed by atoms with Gasteiger partial charge in [-0.05, 0) is 30.7 Å². The molecule has 9 nitrogen and oxygen atoms in total. The molecule has 1 aromatic carbocycles. The molecule has 2 fully saturated rings. The van der Waals surface area contributed by atoms with Crippen molar-refractivity contribution < 1.29 is 19.2 Å². The zero-order valence-corrected chi connectivity index (χ0v) is 19.1. The van der Waals surface area contributed by atoms with Crippen molar-refractivity contribution in [2.24, 2.45) is 0 Å². The number of nitrogens with zero attached hydrogens (tertiary/aromatic N) is 5. The number of aliphatic hydroxyl groups excluding tert-OH is 1. The van der Waals surface area contributed by atoms with Gasteiger partial charge in [0.1, 0.15) is 4.90 Å². The maximum absolute atomic E-state index is 12.5. The highest BCUT2D eigenvalue weighted by atomic mass is 35.5. The predicted molar refractivity (Wildman–Crippen MR) is 124 cm³/mol. The Labute approximate surface area is 194 Å². The van der Waals surface area contributed by atoms with Crippen molar-refractivity contribution in [3.8, 4) is 0 Å². The third-order valence-electron chi connectivity index (χ3n) is 5.88. The van der Waals surface area contributed by atoms with E-state index in [1.54, 1.807) is 0 Å². The van der Waals surface area contributed by atoms with Crippen molar-refractivity contribution in [2.45, 2.75) is 23.8 Å². The van der Waals surface area contributed by atoms with Gasteiger partial charge in [0.05, 0.1) is 22.6 Å². The monoisotopic (exact) mass is 479 g/mol. The molecule has 2 saturated heterocycles. The summed E-state index contributed by atoms with van der Waals surface area (Å²) in [5, 5.41) is 17.6. The summed E-state index contributed by atoms with van der Waals surface area (Å²) in [6.07, 6.45) is 1.10. The number of aromatic nitrogens is 2. The Hall–Kier alpha value is -2.43. The van der Waals surface area contributed by atoms with Crippen LogP contribution in [0.2, 0.25) is 5.02 Å². The largest absolute Gasteiger partial charge is 0.483 e. The number of fused-ring (bicyclic) bond motifs is 1. The molecule has 11 heteroatoms. The molecule has 32 heavy (non-hydrogen) atoms. The lowest BCUT2D eigenvalue weighted by molar-refractivity contribution is -0.122. The molecule has 5 rings (SSSR count). The zero-order chi connectivity index (χ0) is 22.7. The zero-order valence-electron chi connectivity index (χ0n) is 17.6. The lowest BCUT2D eigenvalue weighted by Gasteiger charge is -2.36. The van der Waals surface area contributed by atoms with Crippen LogP contribution in [0.25, 0.3) is 0 Å². The van der Waals surface area contributed by atoms with E-state index >= 15 is 0 Å². The highest BCUT2D eigenvalue weighted by Crippen LogP contribution is 2.34. The van der Waals surface area contributed by atoms with Crippen LogP contribution in [0.4, 0.5) is 17.5 Å². The molecule has 2 unspecified atom stereocenters. The predicted octanol–water partition coefficient (Wildman–Crippen LogP) is 1.39. The van der Waals surface area contributed by atoms with E-state index in [-0.39, 0.29) is 12.6 Å². The molecule has 3 aliphatic rings. The third kappa shape index (κ3) is 4.82. The van der Waals surface area contributed by atoms with Gasteiger partial charge in [-0.3, -0.25) is 9.00 Å². The maximum Gasteiger partial charge on any atom is 0.290 e. The molecule has 1 aromatic heterocycles. The fourth-order valence-corrected chi connectivity index (χ4v) is 5.77. The fourth-order valence-electron chi connectivity index (χ4n) is 4.27. The topological polar surface area (TPSA) is 110 Å². The maximum atomic E-state index is 12.5. The highest BCUT2D eigenvalue weighted by Gasteiger charge is 2.33. The van der Waals surface area contributed by atoms with Crippen molar-refractivity contribution in [3.05, 3.63) is 35.0 Å². The second-order valence-electron chi connectivity index (χ2n) is 7.87. The van der Waals surface area contributed by atoms with Crippen LogP contribution in [0.15, 0.2) is 29.2 Å². The lowest BCUT2D eigenvalue weighted by atomic mass is 10.2. The minimum absolute atomic E-state index is 0.250. The van der Waals surface area contributed by atoms with Crippen LogP contribution in [0.3, 0.4) is 0 Å². The first-order valence-electron chi connectivity index (χ1n) is 10.6. The van der Waals surface area contributed by atoms with Crippen molar-refractivity contribution in [1.29, 1.82) is 0 Å². The lowest BCUT2D eigenvalue weighted by Crippen LogP contribution is -2.47. The van der Waals surface area contributed by atoms with E-state index in [0.29, 0.717) is 12.3 Å². The average Bonchev–Trinajstić information content (AvgIpc) is 3.40. The van der Waals surface area contributed by atoms with Crippen molar-refractivity contribution in [3.63, 3.8) is 0 Å². The molecule has 0 radical (unpaired) electrons. The van der Waals surface area contributed by atoms with Crippen LogP contribution >= 0.6 is 11.6 Å². The molecule has 0 saturated carbocycles. The number of hydrogen-bond acceptors (Lipinski definition) is 8. The van der Waals surface area contributed by atoms with Crippen LogP contribution in [0.5, 0.6) is 0 Å². The van der Waals surface area contributed by atoms with Gasteiger partial charge in [0.15, 0.2) is 5.82 Å². The van der Waals surface area contributed by atoms with E-state index in [2.05, 4.69) is 26.8 Å². The van der Waals surface area contributed by atoms with Crippen molar-refractivity contribution in [1.82, 2.24) is 9.97 Å². The Morgan fingerprint density at radius 3 is 2.31 bits per heavy atom. The number of rotatable bonds is 3. The van der Waals surface area contributed by atoms with Crippen LogP contribution < -0.4 is 14.7 Å². The van der Waals surface area contributed by atoms with Crippen LogP contribution in [-0.2, 0) is 22.0 Å². The van der Waals surface area contributed by atoms with Gasteiger partial charge in [0.25, 0.3) is 6.47 Å². The van der Waals surface area contributed by atoms with E-state index in [1.165, 1.54) is 5.69 Å².